The van der Waals surface area contributed by atoms with E-state index in [0.717, 1.165) is 48.9 Å². The Hall–Kier alpha value is -3.12. The van der Waals surface area contributed by atoms with Gasteiger partial charge in [-0.25, -0.2) is 8.42 Å². The Balaban J connectivity index is 1.41. The molecule has 0 radical (unpaired) electrons. The molecule has 5 nitrogen and oxygen atoms in total. The molecular weight excluding hydrogens is 420 g/mol. The fourth-order valence-electron chi connectivity index (χ4n) is 4.82. The van der Waals surface area contributed by atoms with Crippen molar-refractivity contribution in [2.45, 2.75) is 43.0 Å². The minimum Gasteiger partial charge on any atom is -0.345 e. The Morgan fingerprint density at radius 2 is 1.62 bits per heavy atom. The van der Waals surface area contributed by atoms with Crippen molar-refractivity contribution in [3.63, 3.8) is 0 Å². The van der Waals surface area contributed by atoms with Crippen molar-refractivity contribution >= 4 is 21.6 Å². The Labute approximate surface area is 189 Å². The average molecular weight is 447 g/mol. The number of fused-ring (bicyclic) bond motifs is 2. The summed E-state index contributed by atoms with van der Waals surface area (Å²) in [6, 6.07) is 22.1. The molecule has 3 aromatic rings. The molecule has 6 heteroatoms. The van der Waals surface area contributed by atoms with Gasteiger partial charge in [-0.15, -0.1) is 0 Å². The van der Waals surface area contributed by atoms with Gasteiger partial charge in [0.05, 0.1) is 16.6 Å². The third-order valence-corrected chi connectivity index (χ3v) is 8.24. The van der Waals surface area contributed by atoms with Crippen molar-refractivity contribution in [2.75, 3.05) is 10.8 Å². The summed E-state index contributed by atoms with van der Waals surface area (Å²) >= 11 is 0. The first-order valence-electron chi connectivity index (χ1n) is 11.1. The van der Waals surface area contributed by atoms with Crippen LogP contribution in [0.25, 0.3) is 0 Å². The largest absolute Gasteiger partial charge is 0.345 e. The molecule has 0 aromatic heterocycles. The molecule has 32 heavy (non-hydrogen) atoms. The van der Waals surface area contributed by atoms with Crippen LogP contribution in [0.15, 0.2) is 77.7 Å². The van der Waals surface area contributed by atoms with Crippen LogP contribution in [0.5, 0.6) is 0 Å². The number of rotatable bonds is 4. The fourth-order valence-corrected chi connectivity index (χ4v) is 6.41. The zero-order valence-electron chi connectivity index (χ0n) is 17.8. The zero-order valence-corrected chi connectivity index (χ0v) is 18.6. The molecule has 1 aliphatic carbocycles. The number of hydrogen-bond donors (Lipinski definition) is 1. The van der Waals surface area contributed by atoms with Gasteiger partial charge in [-0.3, -0.25) is 9.10 Å². The Morgan fingerprint density at radius 3 is 2.50 bits per heavy atom. The molecule has 0 spiro atoms. The molecule has 1 atom stereocenters. The maximum atomic E-state index is 13.5. The molecule has 2 aliphatic rings. The van der Waals surface area contributed by atoms with Crippen LogP contribution in [0.4, 0.5) is 5.69 Å². The molecule has 0 saturated heterocycles. The number of nitrogens with zero attached hydrogens (tertiary/aromatic N) is 1. The van der Waals surface area contributed by atoms with Crippen LogP contribution in [0, 0.1) is 0 Å². The van der Waals surface area contributed by atoms with Gasteiger partial charge in [-0.1, -0.05) is 48.5 Å². The predicted molar refractivity (Wildman–Crippen MR) is 125 cm³/mol. The van der Waals surface area contributed by atoms with E-state index in [1.54, 1.807) is 18.2 Å². The SMILES string of the molecule is O=C(N[C@H]1CCCc2ccccc21)c1cccc(S(=O)(=O)N2CCCc3ccccc32)c1. The summed E-state index contributed by atoms with van der Waals surface area (Å²) in [7, 11) is -3.76. The lowest BCUT2D eigenvalue weighted by Gasteiger charge is -2.30. The van der Waals surface area contributed by atoms with Crippen molar-refractivity contribution in [1.29, 1.82) is 0 Å². The summed E-state index contributed by atoms with van der Waals surface area (Å²) in [5.41, 5.74) is 4.55. The highest BCUT2D eigenvalue weighted by Gasteiger charge is 2.29. The number of benzene rings is 3. The van der Waals surface area contributed by atoms with Crippen LogP contribution in [-0.4, -0.2) is 20.9 Å². The molecule has 164 valence electrons. The molecule has 0 saturated carbocycles. The third kappa shape index (κ3) is 3.79. The van der Waals surface area contributed by atoms with Crippen LogP contribution in [-0.2, 0) is 22.9 Å². The van der Waals surface area contributed by atoms with Gasteiger partial charge in [0.1, 0.15) is 0 Å². The molecule has 0 bridgehead atoms. The number of carbonyl (C=O) groups is 1. The van der Waals surface area contributed by atoms with Crippen LogP contribution < -0.4 is 9.62 Å². The van der Waals surface area contributed by atoms with Crippen molar-refractivity contribution in [1.82, 2.24) is 5.32 Å². The minimum atomic E-state index is -3.76. The first kappa shape index (κ1) is 20.8. The molecule has 1 aliphatic heterocycles. The van der Waals surface area contributed by atoms with Crippen LogP contribution >= 0.6 is 0 Å². The van der Waals surface area contributed by atoms with Gasteiger partial charge < -0.3 is 5.32 Å². The Kier molecular flexibility index (Phi) is 5.47. The van der Waals surface area contributed by atoms with Gasteiger partial charge >= 0.3 is 0 Å². The highest BCUT2D eigenvalue weighted by atomic mass is 32.2. The van der Waals surface area contributed by atoms with Crippen LogP contribution in [0.3, 0.4) is 0 Å². The molecule has 1 amide bonds. The van der Waals surface area contributed by atoms with E-state index in [0.29, 0.717) is 12.1 Å². The van der Waals surface area contributed by atoms with E-state index >= 15 is 0 Å². The Morgan fingerprint density at radius 1 is 0.875 bits per heavy atom. The summed E-state index contributed by atoms with van der Waals surface area (Å²) in [6.45, 7) is 0.439. The zero-order chi connectivity index (χ0) is 22.1. The van der Waals surface area contributed by atoms with E-state index in [9.17, 15) is 13.2 Å². The van der Waals surface area contributed by atoms with Gasteiger partial charge in [0.25, 0.3) is 15.9 Å². The summed E-state index contributed by atoms with van der Waals surface area (Å²) in [4.78, 5) is 13.2. The quantitative estimate of drug-likeness (QED) is 0.635. The van der Waals surface area contributed by atoms with E-state index in [2.05, 4.69) is 17.4 Å². The maximum Gasteiger partial charge on any atom is 0.264 e. The number of sulfonamides is 1. The van der Waals surface area contributed by atoms with E-state index < -0.39 is 10.0 Å². The van der Waals surface area contributed by atoms with Gasteiger partial charge in [-0.2, -0.15) is 0 Å². The molecule has 5 rings (SSSR count). The summed E-state index contributed by atoms with van der Waals surface area (Å²) < 4.78 is 28.4. The molecular formula is C26H26N2O3S. The number of nitrogens with one attached hydrogen (secondary N) is 1. The van der Waals surface area contributed by atoms with Gasteiger partial charge in [0.2, 0.25) is 0 Å². The Bertz CT molecular complexity index is 1270. The second kappa shape index (κ2) is 8.43. The van der Waals surface area contributed by atoms with Crippen molar-refractivity contribution in [2.24, 2.45) is 0 Å². The first-order valence-corrected chi connectivity index (χ1v) is 12.6. The minimum absolute atomic E-state index is 0.0540. The number of aryl methyl sites for hydroxylation is 2. The number of amides is 1. The summed E-state index contributed by atoms with van der Waals surface area (Å²) in [5, 5.41) is 3.12. The van der Waals surface area contributed by atoms with Gasteiger partial charge in [0.15, 0.2) is 0 Å². The molecule has 1 heterocycles. The third-order valence-electron chi connectivity index (χ3n) is 6.43. The normalized spacial score (nSPS) is 17.9. The van der Waals surface area contributed by atoms with Crippen molar-refractivity contribution in [3.8, 4) is 0 Å². The lowest BCUT2D eigenvalue weighted by molar-refractivity contribution is 0.0932. The van der Waals surface area contributed by atoms with E-state index in [4.69, 9.17) is 0 Å². The van der Waals surface area contributed by atoms with Crippen LogP contribution in [0.2, 0.25) is 0 Å². The average Bonchev–Trinajstić information content (AvgIpc) is 2.84. The topological polar surface area (TPSA) is 66.5 Å². The van der Waals surface area contributed by atoms with Crippen LogP contribution in [0.1, 0.15) is 52.4 Å². The second-order valence-corrected chi connectivity index (χ2v) is 10.3. The number of carbonyl (C=O) groups excluding carboxylic acids is 1. The second-order valence-electron chi connectivity index (χ2n) is 8.45. The van der Waals surface area contributed by atoms with Gasteiger partial charge in [-0.05, 0) is 73.1 Å². The molecule has 3 aromatic carbocycles. The number of anilines is 1. The maximum absolute atomic E-state index is 13.5. The van der Waals surface area contributed by atoms with E-state index in [1.165, 1.54) is 15.9 Å². The number of para-hydroxylation sites is 1. The summed E-state index contributed by atoms with van der Waals surface area (Å²) in [6.07, 6.45) is 4.56. The van der Waals surface area contributed by atoms with Crippen molar-refractivity contribution in [3.05, 3.63) is 95.1 Å². The number of hydrogen-bond acceptors (Lipinski definition) is 3. The smallest absolute Gasteiger partial charge is 0.264 e. The highest BCUT2D eigenvalue weighted by molar-refractivity contribution is 7.92. The van der Waals surface area contributed by atoms with Gasteiger partial charge in [0, 0.05) is 12.1 Å². The monoisotopic (exact) mass is 446 g/mol. The lowest BCUT2D eigenvalue weighted by atomic mass is 9.87. The first-order chi connectivity index (χ1) is 15.5. The molecule has 0 unspecified atom stereocenters. The highest BCUT2D eigenvalue weighted by Crippen LogP contribution is 2.32. The summed E-state index contributed by atoms with van der Waals surface area (Å²) in [5.74, 6) is -0.247. The standard InChI is InChI=1S/C26H26N2O3S/c29-26(27-24-15-6-10-19-8-1-3-14-23(19)24)21-11-5-13-22(18-21)32(30,31)28-17-7-12-20-9-2-4-16-25(20)28/h1-5,8-9,11,13-14,16,18,24H,6-7,10,12,15,17H2,(H,27,29)/t24-/m0/s1. The van der Waals surface area contributed by atoms with Crippen molar-refractivity contribution < 1.29 is 13.2 Å². The molecule has 1 N–H and O–H groups in total. The predicted octanol–water partition coefficient (Wildman–Crippen LogP) is 4.64. The fraction of sp³-hybridized carbons (Fsp3) is 0.269. The van der Waals surface area contributed by atoms with E-state index in [-0.39, 0.29) is 16.8 Å². The lowest BCUT2D eigenvalue weighted by Crippen LogP contribution is -2.35. The van der Waals surface area contributed by atoms with E-state index in [1.807, 2.05) is 36.4 Å². The molecule has 0 fully saturated rings.